The Morgan fingerprint density at radius 2 is 2.08 bits per heavy atom. The molecule has 138 valence electrons. The number of sulfonamides is 1. The number of ether oxygens (including phenoxy) is 2. The van der Waals surface area contributed by atoms with Crippen LogP contribution in [0.3, 0.4) is 0 Å². The lowest BCUT2D eigenvalue weighted by molar-refractivity contribution is -0.145. The maximum absolute atomic E-state index is 12.1. The summed E-state index contributed by atoms with van der Waals surface area (Å²) in [5, 5.41) is 8.84. The van der Waals surface area contributed by atoms with Crippen molar-refractivity contribution >= 4 is 21.9 Å². The monoisotopic (exact) mass is 364 g/mol. The van der Waals surface area contributed by atoms with Crippen molar-refractivity contribution < 1.29 is 32.6 Å². The van der Waals surface area contributed by atoms with Gasteiger partial charge in [0.1, 0.15) is 13.2 Å². The number of carbonyl (C=O) groups excluding carboxylic acids is 1. The summed E-state index contributed by atoms with van der Waals surface area (Å²) in [5.41, 5.74) is 0. The first kappa shape index (κ1) is 19.1. The number of hydrogen-bond acceptors (Lipinski definition) is 6. The van der Waals surface area contributed by atoms with Crippen molar-refractivity contribution in [2.45, 2.75) is 18.9 Å². The van der Waals surface area contributed by atoms with Crippen molar-refractivity contribution in [2.75, 3.05) is 52.3 Å². The van der Waals surface area contributed by atoms with Gasteiger partial charge in [0, 0.05) is 19.6 Å². The summed E-state index contributed by atoms with van der Waals surface area (Å²) in [6.07, 6.45) is 2.70. The van der Waals surface area contributed by atoms with Gasteiger partial charge in [-0.05, 0) is 18.8 Å². The maximum atomic E-state index is 12.1. The van der Waals surface area contributed by atoms with Crippen molar-refractivity contribution in [3.8, 4) is 0 Å². The molecule has 1 saturated heterocycles. The van der Waals surface area contributed by atoms with E-state index in [2.05, 4.69) is 0 Å². The van der Waals surface area contributed by atoms with Gasteiger partial charge < -0.3 is 19.5 Å². The van der Waals surface area contributed by atoms with Crippen LogP contribution in [0.25, 0.3) is 0 Å². The molecule has 1 heterocycles. The van der Waals surface area contributed by atoms with E-state index >= 15 is 0 Å². The fraction of sp³-hybridized carbons (Fsp3) is 0.857. The van der Waals surface area contributed by atoms with E-state index in [0.717, 1.165) is 23.4 Å². The Kier molecular flexibility index (Phi) is 6.55. The minimum Gasteiger partial charge on any atom is -0.480 e. The largest absolute Gasteiger partial charge is 0.480 e. The molecule has 2 rings (SSSR count). The van der Waals surface area contributed by atoms with Gasteiger partial charge in [-0.2, -0.15) is 4.31 Å². The topological polar surface area (TPSA) is 113 Å². The van der Waals surface area contributed by atoms with Crippen molar-refractivity contribution in [3.63, 3.8) is 0 Å². The van der Waals surface area contributed by atoms with Crippen LogP contribution in [0.5, 0.6) is 0 Å². The van der Waals surface area contributed by atoms with Crippen molar-refractivity contribution in [1.29, 1.82) is 0 Å². The Morgan fingerprint density at radius 3 is 2.67 bits per heavy atom. The summed E-state index contributed by atoms with van der Waals surface area (Å²) in [4.78, 5) is 24.5. The zero-order valence-corrected chi connectivity index (χ0v) is 14.5. The SMILES string of the molecule is CS(=O)(=O)N(CC(=O)O)CC1CN(C(=O)COCC2CC2)CCO1. The first-order valence-corrected chi connectivity index (χ1v) is 9.74. The third-order valence-electron chi connectivity index (χ3n) is 3.96. The number of amides is 1. The molecule has 10 heteroatoms. The molecule has 0 radical (unpaired) electrons. The van der Waals surface area contributed by atoms with Crippen LogP contribution in [0.1, 0.15) is 12.8 Å². The molecular weight excluding hydrogens is 340 g/mol. The van der Waals surface area contributed by atoms with Crippen molar-refractivity contribution in [1.82, 2.24) is 9.21 Å². The number of carboxylic acids is 1. The van der Waals surface area contributed by atoms with Gasteiger partial charge in [0.15, 0.2) is 0 Å². The molecular formula is C14H24N2O7S. The molecule has 0 aromatic rings. The normalized spacial score (nSPS) is 21.9. The van der Waals surface area contributed by atoms with E-state index in [-0.39, 0.29) is 32.2 Å². The van der Waals surface area contributed by atoms with Crippen LogP contribution in [-0.4, -0.2) is 93.0 Å². The molecule has 1 saturated carbocycles. The number of morpholine rings is 1. The highest BCUT2D eigenvalue weighted by atomic mass is 32.2. The van der Waals surface area contributed by atoms with Gasteiger partial charge in [0.25, 0.3) is 0 Å². The van der Waals surface area contributed by atoms with E-state index in [1.165, 1.54) is 0 Å². The van der Waals surface area contributed by atoms with E-state index in [4.69, 9.17) is 14.6 Å². The van der Waals surface area contributed by atoms with E-state index in [1.807, 2.05) is 0 Å². The number of hydrogen-bond donors (Lipinski definition) is 1. The lowest BCUT2D eigenvalue weighted by Gasteiger charge is -2.34. The Labute approximate surface area is 141 Å². The van der Waals surface area contributed by atoms with Gasteiger partial charge in [-0.1, -0.05) is 0 Å². The summed E-state index contributed by atoms with van der Waals surface area (Å²) in [6, 6.07) is 0. The summed E-state index contributed by atoms with van der Waals surface area (Å²) >= 11 is 0. The number of aliphatic carboxylic acids is 1. The molecule has 24 heavy (non-hydrogen) atoms. The zero-order chi connectivity index (χ0) is 17.7. The number of carbonyl (C=O) groups is 2. The molecule has 1 amide bonds. The van der Waals surface area contributed by atoms with Gasteiger partial charge in [-0.25, -0.2) is 8.42 Å². The number of nitrogens with zero attached hydrogens (tertiary/aromatic N) is 2. The Hall–Kier alpha value is -1.23. The average molecular weight is 364 g/mol. The Morgan fingerprint density at radius 1 is 1.38 bits per heavy atom. The third-order valence-corrected chi connectivity index (χ3v) is 5.17. The molecule has 0 aromatic carbocycles. The molecule has 1 aliphatic carbocycles. The van der Waals surface area contributed by atoms with Crippen molar-refractivity contribution in [2.24, 2.45) is 5.92 Å². The van der Waals surface area contributed by atoms with Crippen LogP contribution in [0, 0.1) is 5.92 Å². The lowest BCUT2D eigenvalue weighted by Crippen LogP contribution is -2.51. The molecule has 9 nitrogen and oxygen atoms in total. The molecule has 1 N–H and O–H groups in total. The fourth-order valence-corrected chi connectivity index (χ4v) is 3.22. The average Bonchev–Trinajstić information content (AvgIpc) is 3.29. The van der Waals surface area contributed by atoms with E-state index in [1.54, 1.807) is 4.90 Å². The molecule has 1 unspecified atom stereocenters. The predicted octanol–water partition coefficient (Wildman–Crippen LogP) is -1.01. The van der Waals surface area contributed by atoms with E-state index in [0.29, 0.717) is 19.1 Å². The fourth-order valence-electron chi connectivity index (χ4n) is 2.44. The molecule has 2 fully saturated rings. The third kappa shape index (κ3) is 6.34. The number of rotatable bonds is 9. The molecule has 2 aliphatic rings. The summed E-state index contributed by atoms with van der Waals surface area (Å²) in [6.45, 7) is 0.796. The second-order valence-corrected chi connectivity index (χ2v) is 8.22. The second-order valence-electron chi connectivity index (χ2n) is 6.24. The van der Waals surface area contributed by atoms with Gasteiger partial charge >= 0.3 is 5.97 Å². The smallest absolute Gasteiger partial charge is 0.318 e. The molecule has 0 aromatic heterocycles. The minimum atomic E-state index is -3.67. The molecule has 0 bridgehead atoms. The zero-order valence-electron chi connectivity index (χ0n) is 13.7. The highest BCUT2D eigenvalue weighted by Gasteiger charge is 2.30. The van der Waals surface area contributed by atoms with Gasteiger partial charge in [-0.3, -0.25) is 9.59 Å². The lowest BCUT2D eigenvalue weighted by atomic mass is 10.2. The Bertz CT molecular complexity index is 561. The summed E-state index contributed by atoms with van der Waals surface area (Å²) < 4.78 is 35.1. The molecule has 1 aliphatic heterocycles. The molecule has 0 spiro atoms. The quantitative estimate of drug-likeness (QED) is 0.557. The van der Waals surface area contributed by atoms with Gasteiger partial charge in [0.2, 0.25) is 15.9 Å². The molecule has 1 atom stereocenters. The van der Waals surface area contributed by atoms with E-state index in [9.17, 15) is 18.0 Å². The predicted molar refractivity (Wildman–Crippen MR) is 83.9 cm³/mol. The van der Waals surface area contributed by atoms with Crippen LogP contribution in [0.2, 0.25) is 0 Å². The van der Waals surface area contributed by atoms with Crippen LogP contribution in [-0.2, 0) is 29.1 Å². The first-order valence-electron chi connectivity index (χ1n) is 7.89. The summed E-state index contributed by atoms with van der Waals surface area (Å²) in [7, 11) is -3.67. The van der Waals surface area contributed by atoms with Crippen LogP contribution < -0.4 is 0 Å². The Balaban J connectivity index is 1.83. The maximum Gasteiger partial charge on any atom is 0.318 e. The summed E-state index contributed by atoms with van der Waals surface area (Å²) in [5.74, 6) is -0.819. The minimum absolute atomic E-state index is 0.00807. The first-order chi connectivity index (χ1) is 11.3. The van der Waals surface area contributed by atoms with Gasteiger partial charge in [0.05, 0.1) is 25.6 Å². The second kappa shape index (κ2) is 8.24. The van der Waals surface area contributed by atoms with Crippen LogP contribution in [0.4, 0.5) is 0 Å². The number of carboxylic acid groups (broad SMARTS) is 1. The van der Waals surface area contributed by atoms with Crippen molar-refractivity contribution in [3.05, 3.63) is 0 Å². The standard InChI is InChI=1S/C14H24N2O7S/c1-24(20,21)16(8-14(18)19)7-12-6-15(4-5-23-12)13(17)10-22-9-11-2-3-11/h11-12H,2-10H2,1H3,(H,18,19). The highest BCUT2D eigenvalue weighted by molar-refractivity contribution is 7.88. The van der Waals surface area contributed by atoms with Crippen LogP contribution >= 0.6 is 0 Å². The van der Waals surface area contributed by atoms with Crippen LogP contribution in [0.15, 0.2) is 0 Å². The highest BCUT2D eigenvalue weighted by Crippen LogP contribution is 2.28. The van der Waals surface area contributed by atoms with Gasteiger partial charge in [-0.15, -0.1) is 0 Å². The van der Waals surface area contributed by atoms with E-state index < -0.39 is 28.6 Å².